The molecular weight excluding hydrogens is 168 g/mol. The van der Waals surface area contributed by atoms with Gasteiger partial charge in [-0.25, -0.2) is 0 Å². The van der Waals surface area contributed by atoms with E-state index in [1.807, 2.05) is 0 Å². The molecular formula is C10H18OS. The molecule has 0 aliphatic heterocycles. The van der Waals surface area contributed by atoms with Crippen LogP contribution in [-0.4, -0.2) is 5.12 Å². The lowest BCUT2D eigenvalue weighted by molar-refractivity contribution is -0.111. The normalized spacial score (nSPS) is 20.4. The standard InChI is InChI=1S/C10H18OS/c11-10(12)8-7-9-5-3-1-2-4-6-9/h9H,1-8H2,(H,11,12). The molecule has 12 heavy (non-hydrogen) atoms. The second-order valence-corrected chi connectivity index (χ2v) is 4.29. The van der Waals surface area contributed by atoms with Crippen LogP contribution in [0.5, 0.6) is 0 Å². The summed E-state index contributed by atoms with van der Waals surface area (Å²) < 4.78 is 0. The first-order valence-electron chi connectivity index (χ1n) is 5.01. The molecule has 1 nitrogen and oxygen atoms in total. The zero-order valence-electron chi connectivity index (χ0n) is 7.59. The van der Waals surface area contributed by atoms with E-state index >= 15 is 0 Å². The number of hydrogen-bond donors (Lipinski definition) is 1. The number of rotatable bonds is 3. The Labute approximate surface area is 80.3 Å². The molecule has 0 N–H and O–H groups in total. The summed E-state index contributed by atoms with van der Waals surface area (Å²) in [5.74, 6) is 0.809. The van der Waals surface area contributed by atoms with Gasteiger partial charge < -0.3 is 0 Å². The molecule has 0 aromatic carbocycles. The fourth-order valence-electron chi connectivity index (χ4n) is 1.98. The predicted molar refractivity (Wildman–Crippen MR) is 54.4 cm³/mol. The van der Waals surface area contributed by atoms with Gasteiger partial charge in [0.25, 0.3) is 0 Å². The molecule has 1 aliphatic carbocycles. The van der Waals surface area contributed by atoms with Crippen molar-refractivity contribution in [3.8, 4) is 0 Å². The monoisotopic (exact) mass is 186 g/mol. The minimum atomic E-state index is 0.0549. The molecule has 70 valence electrons. The molecule has 0 atom stereocenters. The van der Waals surface area contributed by atoms with E-state index < -0.39 is 0 Å². The van der Waals surface area contributed by atoms with Crippen molar-refractivity contribution in [2.24, 2.45) is 5.92 Å². The van der Waals surface area contributed by atoms with Crippen LogP contribution in [0.25, 0.3) is 0 Å². The van der Waals surface area contributed by atoms with Crippen LogP contribution in [0, 0.1) is 5.92 Å². The minimum Gasteiger partial charge on any atom is -0.288 e. The van der Waals surface area contributed by atoms with Crippen molar-refractivity contribution >= 4 is 17.7 Å². The van der Waals surface area contributed by atoms with Gasteiger partial charge in [-0.3, -0.25) is 4.79 Å². The first-order valence-corrected chi connectivity index (χ1v) is 5.45. The zero-order chi connectivity index (χ0) is 8.81. The van der Waals surface area contributed by atoms with E-state index in [9.17, 15) is 4.79 Å². The van der Waals surface area contributed by atoms with Crippen molar-refractivity contribution in [1.29, 1.82) is 0 Å². The lowest BCUT2D eigenvalue weighted by Crippen LogP contribution is -2.00. The van der Waals surface area contributed by atoms with Crippen molar-refractivity contribution in [2.45, 2.75) is 51.4 Å². The van der Waals surface area contributed by atoms with Crippen molar-refractivity contribution in [2.75, 3.05) is 0 Å². The van der Waals surface area contributed by atoms with Gasteiger partial charge in [0.1, 0.15) is 0 Å². The van der Waals surface area contributed by atoms with Gasteiger partial charge in [-0.1, -0.05) is 38.5 Å². The fraction of sp³-hybridized carbons (Fsp3) is 0.900. The van der Waals surface area contributed by atoms with Crippen LogP contribution in [0.15, 0.2) is 0 Å². The third-order valence-electron chi connectivity index (χ3n) is 2.74. The van der Waals surface area contributed by atoms with Crippen molar-refractivity contribution in [3.05, 3.63) is 0 Å². The predicted octanol–water partition coefficient (Wildman–Crippen LogP) is 3.19. The van der Waals surface area contributed by atoms with Crippen molar-refractivity contribution in [1.82, 2.24) is 0 Å². The zero-order valence-corrected chi connectivity index (χ0v) is 8.48. The first kappa shape index (κ1) is 10.1. The molecule has 0 spiro atoms. The van der Waals surface area contributed by atoms with Crippen LogP contribution < -0.4 is 0 Å². The Balaban J connectivity index is 2.16. The highest BCUT2D eigenvalue weighted by Crippen LogP contribution is 2.26. The average molecular weight is 186 g/mol. The van der Waals surface area contributed by atoms with Gasteiger partial charge in [0.2, 0.25) is 0 Å². The second-order valence-electron chi connectivity index (χ2n) is 3.79. The largest absolute Gasteiger partial charge is 0.288 e. The summed E-state index contributed by atoms with van der Waals surface area (Å²) in [7, 11) is 0. The Morgan fingerprint density at radius 3 is 2.25 bits per heavy atom. The molecule has 0 heterocycles. The van der Waals surface area contributed by atoms with Crippen LogP contribution in [0.1, 0.15) is 51.4 Å². The molecule has 1 aliphatic rings. The summed E-state index contributed by atoms with van der Waals surface area (Å²) in [5.41, 5.74) is 0. The van der Waals surface area contributed by atoms with E-state index in [1.54, 1.807) is 0 Å². The number of hydrogen-bond acceptors (Lipinski definition) is 1. The molecule has 0 amide bonds. The van der Waals surface area contributed by atoms with Crippen LogP contribution >= 0.6 is 12.6 Å². The highest BCUT2D eigenvalue weighted by molar-refractivity contribution is 7.96. The fourth-order valence-corrected chi connectivity index (χ4v) is 2.11. The molecule has 0 unspecified atom stereocenters. The second kappa shape index (κ2) is 5.63. The highest BCUT2D eigenvalue weighted by atomic mass is 32.1. The Bertz CT molecular complexity index is 137. The maximum absolute atomic E-state index is 10.6. The van der Waals surface area contributed by atoms with Crippen LogP contribution in [0.3, 0.4) is 0 Å². The number of carbonyl (C=O) groups is 1. The SMILES string of the molecule is O=C(S)CCC1CCCCCC1. The summed E-state index contributed by atoms with van der Waals surface area (Å²) >= 11 is 3.79. The van der Waals surface area contributed by atoms with Crippen molar-refractivity contribution in [3.63, 3.8) is 0 Å². The summed E-state index contributed by atoms with van der Waals surface area (Å²) in [6.45, 7) is 0. The number of thiol groups is 1. The van der Waals surface area contributed by atoms with Gasteiger partial charge in [-0.15, -0.1) is 12.6 Å². The molecule has 0 aromatic heterocycles. The molecule has 0 aromatic rings. The average Bonchev–Trinajstić information content (AvgIpc) is 2.28. The highest BCUT2D eigenvalue weighted by Gasteiger charge is 2.12. The van der Waals surface area contributed by atoms with Gasteiger partial charge in [-0.05, 0) is 12.3 Å². The topological polar surface area (TPSA) is 17.1 Å². The van der Waals surface area contributed by atoms with Crippen LogP contribution in [0.2, 0.25) is 0 Å². The van der Waals surface area contributed by atoms with E-state index in [4.69, 9.17) is 0 Å². The van der Waals surface area contributed by atoms with Crippen LogP contribution in [-0.2, 0) is 4.79 Å². The quantitative estimate of drug-likeness (QED) is 0.529. The summed E-state index contributed by atoms with van der Waals surface area (Å²) in [6, 6.07) is 0. The van der Waals surface area contributed by atoms with E-state index in [0.29, 0.717) is 6.42 Å². The molecule has 1 saturated carbocycles. The van der Waals surface area contributed by atoms with Gasteiger partial charge in [0.15, 0.2) is 5.12 Å². The third kappa shape index (κ3) is 4.15. The van der Waals surface area contributed by atoms with E-state index in [-0.39, 0.29) is 5.12 Å². The Morgan fingerprint density at radius 2 is 1.75 bits per heavy atom. The van der Waals surface area contributed by atoms with E-state index in [0.717, 1.165) is 12.3 Å². The molecule has 1 rings (SSSR count). The van der Waals surface area contributed by atoms with Gasteiger partial charge >= 0.3 is 0 Å². The van der Waals surface area contributed by atoms with Crippen LogP contribution in [0.4, 0.5) is 0 Å². The molecule has 0 radical (unpaired) electrons. The first-order chi connectivity index (χ1) is 5.79. The Hall–Kier alpha value is 0.0200. The van der Waals surface area contributed by atoms with E-state index in [2.05, 4.69) is 12.6 Å². The summed E-state index contributed by atoms with van der Waals surface area (Å²) in [6.07, 6.45) is 9.94. The molecule has 2 heteroatoms. The lowest BCUT2D eigenvalue weighted by Gasteiger charge is -2.11. The molecule has 0 saturated heterocycles. The molecule has 0 bridgehead atoms. The Kier molecular flexibility index (Phi) is 4.74. The van der Waals surface area contributed by atoms with Gasteiger partial charge in [0.05, 0.1) is 0 Å². The third-order valence-corrected chi connectivity index (χ3v) is 2.96. The molecule has 1 fully saturated rings. The van der Waals surface area contributed by atoms with E-state index in [1.165, 1.54) is 38.5 Å². The maximum atomic E-state index is 10.6. The number of carbonyl (C=O) groups excluding carboxylic acids is 1. The van der Waals surface area contributed by atoms with Crippen molar-refractivity contribution < 1.29 is 4.79 Å². The maximum Gasteiger partial charge on any atom is 0.185 e. The minimum absolute atomic E-state index is 0.0549. The lowest BCUT2D eigenvalue weighted by atomic mass is 9.95. The summed E-state index contributed by atoms with van der Waals surface area (Å²) in [5, 5.41) is 0.0549. The smallest absolute Gasteiger partial charge is 0.185 e. The van der Waals surface area contributed by atoms with Gasteiger partial charge in [-0.2, -0.15) is 0 Å². The Morgan fingerprint density at radius 1 is 1.17 bits per heavy atom. The summed E-state index contributed by atoms with van der Waals surface area (Å²) in [4.78, 5) is 10.6. The van der Waals surface area contributed by atoms with Gasteiger partial charge in [0, 0.05) is 6.42 Å².